The third kappa shape index (κ3) is 5.82. The van der Waals surface area contributed by atoms with E-state index < -0.39 is 22.1 Å². The largest absolute Gasteiger partial charge is 0.352 e. The number of nitrogens with zero attached hydrogens (tertiary/aromatic N) is 3. The van der Waals surface area contributed by atoms with Crippen LogP contribution in [0.5, 0.6) is 0 Å². The van der Waals surface area contributed by atoms with E-state index in [1.807, 2.05) is 26.0 Å². The van der Waals surface area contributed by atoms with Crippen LogP contribution < -0.4 is 5.32 Å². The van der Waals surface area contributed by atoms with Crippen molar-refractivity contribution in [1.82, 2.24) is 19.5 Å². The molecule has 2 aliphatic rings. The van der Waals surface area contributed by atoms with Crippen LogP contribution in [-0.2, 0) is 25.4 Å². The van der Waals surface area contributed by atoms with E-state index in [9.17, 15) is 22.8 Å². The summed E-state index contributed by atoms with van der Waals surface area (Å²) in [4.78, 5) is 43.8. The maximum absolute atomic E-state index is 13.1. The molecular formula is C26H32N4O5S. The van der Waals surface area contributed by atoms with Gasteiger partial charge in [-0.1, -0.05) is 30.7 Å². The van der Waals surface area contributed by atoms with E-state index in [-0.39, 0.29) is 42.2 Å². The Kier molecular flexibility index (Phi) is 7.85. The van der Waals surface area contributed by atoms with E-state index >= 15 is 0 Å². The van der Waals surface area contributed by atoms with Gasteiger partial charge in [-0.3, -0.25) is 19.4 Å². The van der Waals surface area contributed by atoms with Gasteiger partial charge in [-0.25, -0.2) is 8.42 Å². The molecule has 36 heavy (non-hydrogen) atoms. The van der Waals surface area contributed by atoms with E-state index in [4.69, 9.17) is 0 Å². The second-order valence-corrected chi connectivity index (χ2v) is 11.6. The number of rotatable bonds is 9. The molecule has 0 saturated carbocycles. The third-order valence-corrected chi connectivity index (χ3v) is 8.65. The smallest absolute Gasteiger partial charge is 0.251 e. The lowest BCUT2D eigenvalue weighted by molar-refractivity contribution is -0.137. The number of benzene rings is 1. The maximum atomic E-state index is 13.1. The van der Waals surface area contributed by atoms with Crippen molar-refractivity contribution in [1.29, 1.82) is 0 Å². The Bertz CT molecular complexity index is 1220. The summed E-state index contributed by atoms with van der Waals surface area (Å²) in [6, 6.07) is 11.1. The predicted octanol–water partition coefficient (Wildman–Crippen LogP) is 1.92. The fourth-order valence-electron chi connectivity index (χ4n) is 4.92. The first-order valence-corrected chi connectivity index (χ1v) is 13.8. The molecule has 2 saturated heterocycles. The highest BCUT2D eigenvalue weighted by Crippen LogP contribution is 2.33. The van der Waals surface area contributed by atoms with Crippen LogP contribution in [0.25, 0.3) is 0 Å². The summed E-state index contributed by atoms with van der Waals surface area (Å²) in [6.45, 7) is 4.47. The van der Waals surface area contributed by atoms with Crippen LogP contribution in [0.15, 0.2) is 48.7 Å². The number of sulfonamides is 1. The molecule has 3 unspecified atom stereocenters. The van der Waals surface area contributed by atoms with Gasteiger partial charge in [0.05, 0.1) is 18.3 Å². The van der Waals surface area contributed by atoms with Crippen molar-refractivity contribution in [2.45, 2.75) is 50.9 Å². The Morgan fingerprint density at radius 3 is 2.61 bits per heavy atom. The first-order valence-electron chi connectivity index (χ1n) is 12.2. The summed E-state index contributed by atoms with van der Waals surface area (Å²) in [6.07, 6.45) is 2.82. The van der Waals surface area contributed by atoms with Crippen LogP contribution in [0.3, 0.4) is 0 Å². The first-order chi connectivity index (χ1) is 17.2. The number of Topliss-reactive ketones (excluding diaryl/α,β-unsaturated/α-hetero) is 1. The second kappa shape index (κ2) is 10.9. The van der Waals surface area contributed by atoms with Crippen LogP contribution in [0.2, 0.25) is 0 Å². The normalized spacial score (nSPS) is 20.8. The minimum absolute atomic E-state index is 0.00429. The molecule has 1 aromatic heterocycles. The van der Waals surface area contributed by atoms with E-state index in [1.165, 1.54) is 10.5 Å². The molecule has 9 nitrogen and oxygen atoms in total. The van der Waals surface area contributed by atoms with Gasteiger partial charge in [0.2, 0.25) is 15.9 Å². The monoisotopic (exact) mass is 512 g/mol. The van der Waals surface area contributed by atoms with Gasteiger partial charge in [0.1, 0.15) is 11.8 Å². The molecule has 1 aromatic carbocycles. The summed E-state index contributed by atoms with van der Waals surface area (Å²) >= 11 is 0. The standard InChI is InChI=1S/C26H32N4O5S/c1-18-6-8-20(9-7-18)26(33)28-13-10-19(2)15-24(32)29-14-11-22-25(29)23(31)16-30(22)36(34,35)17-21-5-3-4-12-27-21/h3-9,12,19,22,25H,10-11,13-17H2,1-2H3,(H,28,33). The van der Waals surface area contributed by atoms with Crippen LogP contribution >= 0.6 is 0 Å². The summed E-state index contributed by atoms with van der Waals surface area (Å²) < 4.78 is 27.3. The van der Waals surface area contributed by atoms with Gasteiger partial charge in [0, 0.05) is 31.3 Å². The van der Waals surface area contributed by atoms with Gasteiger partial charge in [-0.05, 0) is 49.9 Å². The molecule has 1 N–H and O–H groups in total. The van der Waals surface area contributed by atoms with Gasteiger partial charge < -0.3 is 10.2 Å². The number of nitrogens with one attached hydrogen (secondary N) is 1. The Balaban J connectivity index is 1.29. The second-order valence-electron chi connectivity index (χ2n) is 9.70. The molecule has 0 bridgehead atoms. The average Bonchev–Trinajstić information content (AvgIpc) is 3.41. The molecule has 4 rings (SSSR count). The number of likely N-dealkylation sites (tertiary alicyclic amines) is 1. The first kappa shape index (κ1) is 26.0. The van der Waals surface area contributed by atoms with Crippen LogP contribution in [0.1, 0.15) is 47.8 Å². The van der Waals surface area contributed by atoms with Gasteiger partial charge >= 0.3 is 0 Å². The molecular weight excluding hydrogens is 480 g/mol. The number of carbonyl (C=O) groups excluding carboxylic acids is 3. The summed E-state index contributed by atoms with van der Waals surface area (Å²) in [5.41, 5.74) is 2.09. The van der Waals surface area contributed by atoms with Crippen molar-refractivity contribution in [2.24, 2.45) is 5.92 Å². The molecule has 10 heteroatoms. The van der Waals surface area contributed by atoms with Gasteiger partial charge in [-0.2, -0.15) is 4.31 Å². The van der Waals surface area contributed by atoms with E-state index in [2.05, 4.69) is 10.3 Å². The van der Waals surface area contributed by atoms with Crippen molar-refractivity contribution < 1.29 is 22.8 Å². The minimum atomic E-state index is -3.75. The zero-order chi connectivity index (χ0) is 25.9. The quantitative estimate of drug-likeness (QED) is 0.549. The number of amides is 2. The fraction of sp³-hybridized carbons (Fsp3) is 0.462. The van der Waals surface area contributed by atoms with Gasteiger partial charge in [0.25, 0.3) is 5.91 Å². The zero-order valence-electron chi connectivity index (χ0n) is 20.6. The summed E-state index contributed by atoms with van der Waals surface area (Å²) in [7, 11) is -3.75. The maximum Gasteiger partial charge on any atom is 0.251 e. The average molecular weight is 513 g/mol. The minimum Gasteiger partial charge on any atom is -0.352 e. The molecule has 2 aromatic rings. The Hall–Kier alpha value is -3.11. The highest BCUT2D eigenvalue weighted by atomic mass is 32.2. The highest BCUT2D eigenvalue weighted by molar-refractivity contribution is 7.88. The number of aryl methyl sites for hydroxylation is 1. The van der Waals surface area contributed by atoms with Crippen molar-refractivity contribution in [2.75, 3.05) is 19.6 Å². The molecule has 0 aliphatic carbocycles. The molecule has 192 valence electrons. The van der Waals surface area contributed by atoms with Crippen LogP contribution in [0.4, 0.5) is 0 Å². The molecule has 2 aliphatic heterocycles. The van der Waals surface area contributed by atoms with E-state index in [0.717, 1.165) is 5.56 Å². The predicted molar refractivity (Wildman–Crippen MR) is 134 cm³/mol. The van der Waals surface area contributed by atoms with Crippen molar-refractivity contribution in [3.63, 3.8) is 0 Å². The van der Waals surface area contributed by atoms with Crippen molar-refractivity contribution in [3.05, 3.63) is 65.5 Å². The number of carbonyl (C=O) groups is 3. The SMILES string of the molecule is Cc1ccc(C(=O)NCCC(C)CC(=O)N2CCC3C2C(=O)CN3S(=O)(=O)Cc2ccccn2)cc1. The number of fused-ring (bicyclic) bond motifs is 1. The molecule has 0 radical (unpaired) electrons. The molecule has 3 atom stereocenters. The third-order valence-electron chi connectivity index (χ3n) is 6.87. The van der Waals surface area contributed by atoms with Gasteiger partial charge in [-0.15, -0.1) is 0 Å². The number of hydrogen-bond acceptors (Lipinski definition) is 6. The lowest BCUT2D eigenvalue weighted by Crippen LogP contribution is -2.44. The summed E-state index contributed by atoms with van der Waals surface area (Å²) in [5.74, 6) is -0.829. The molecule has 0 spiro atoms. The number of hydrogen-bond donors (Lipinski definition) is 1. The number of ketones is 1. The lowest BCUT2D eigenvalue weighted by Gasteiger charge is -2.25. The number of aromatic nitrogens is 1. The lowest BCUT2D eigenvalue weighted by atomic mass is 10.0. The number of pyridine rings is 1. The zero-order valence-corrected chi connectivity index (χ0v) is 21.4. The Morgan fingerprint density at radius 1 is 1.17 bits per heavy atom. The fourth-order valence-corrected chi connectivity index (χ4v) is 6.59. The summed E-state index contributed by atoms with van der Waals surface area (Å²) in [5, 5.41) is 2.88. The van der Waals surface area contributed by atoms with Crippen LogP contribution in [-0.4, -0.2) is 71.9 Å². The molecule has 2 amide bonds. The van der Waals surface area contributed by atoms with Crippen molar-refractivity contribution in [3.8, 4) is 0 Å². The highest BCUT2D eigenvalue weighted by Gasteiger charge is 2.53. The molecule has 3 heterocycles. The molecule has 2 fully saturated rings. The topological polar surface area (TPSA) is 117 Å². The van der Waals surface area contributed by atoms with Crippen LogP contribution in [0, 0.1) is 12.8 Å². The van der Waals surface area contributed by atoms with Crippen molar-refractivity contribution >= 4 is 27.6 Å². The Morgan fingerprint density at radius 2 is 1.92 bits per heavy atom. The van der Waals surface area contributed by atoms with E-state index in [1.54, 1.807) is 35.2 Å². The van der Waals surface area contributed by atoms with Gasteiger partial charge in [0.15, 0.2) is 5.78 Å². The van der Waals surface area contributed by atoms with E-state index in [0.29, 0.717) is 37.2 Å². The Labute approximate surface area is 211 Å².